The third-order valence-corrected chi connectivity index (χ3v) is 3.23. The van der Waals surface area contributed by atoms with E-state index in [9.17, 15) is 9.59 Å². The molecule has 0 aliphatic rings. The van der Waals surface area contributed by atoms with Crippen molar-refractivity contribution in [3.8, 4) is 0 Å². The van der Waals surface area contributed by atoms with E-state index >= 15 is 0 Å². The third-order valence-electron chi connectivity index (χ3n) is 2.79. The number of pyridine rings is 1. The fourth-order valence-corrected chi connectivity index (χ4v) is 2.19. The molecular weight excluding hydrogens is 338 g/mol. The SMILES string of the molecule is CCOC(=O)c1c(NC(=O)c2ccnc(Br)c2)c[nH]c1C. The maximum atomic E-state index is 12.2. The van der Waals surface area contributed by atoms with Crippen molar-refractivity contribution in [2.75, 3.05) is 11.9 Å². The van der Waals surface area contributed by atoms with E-state index in [2.05, 4.69) is 31.2 Å². The van der Waals surface area contributed by atoms with Crippen molar-refractivity contribution in [2.45, 2.75) is 13.8 Å². The third kappa shape index (κ3) is 3.49. The second kappa shape index (κ2) is 6.53. The van der Waals surface area contributed by atoms with Gasteiger partial charge in [0.25, 0.3) is 5.91 Å². The molecule has 1 amide bonds. The molecule has 7 heteroatoms. The molecule has 2 rings (SSSR count). The van der Waals surface area contributed by atoms with Gasteiger partial charge in [0.1, 0.15) is 10.2 Å². The zero-order valence-corrected chi connectivity index (χ0v) is 13.2. The van der Waals surface area contributed by atoms with E-state index in [1.54, 1.807) is 32.2 Å². The molecule has 0 aliphatic heterocycles. The highest BCUT2D eigenvalue weighted by atomic mass is 79.9. The van der Waals surface area contributed by atoms with Crippen molar-refractivity contribution in [1.82, 2.24) is 9.97 Å². The van der Waals surface area contributed by atoms with Gasteiger partial charge >= 0.3 is 5.97 Å². The Morgan fingerprint density at radius 3 is 2.90 bits per heavy atom. The van der Waals surface area contributed by atoms with E-state index in [1.165, 1.54) is 6.20 Å². The lowest BCUT2D eigenvalue weighted by atomic mass is 10.2. The van der Waals surface area contributed by atoms with Gasteiger partial charge in [-0.25, -0.2) is 9.78 Å². The molecule has 0 atom stereocenters. The van der Waals surface area contributed by atoms with Crippen LogP contribution in [0.15, 0.2) is 29.1 Å². The zero-order valence-electron chi connectivity index (χ0n) is 11.6. The number of nitrogens with one attached hydrogen (secondary N) is 2. The molecule has 110 valence electrons. The molecule has 2 aromatic rings. The summed E-state index contributed by atoms with van der Waals surface area (Å²) >= 11 is 3.21. The molecule has 21 heavy (non-hydrogen) atoms. The van der Waals surface area contributed by atoms with E-state index < -0.39 is 5.97 Å². The molecule has 0 aromatic carbocycles. The minimum Gasteiger partial charge on any atom is -0.462 e. The van der Waals surface area contributed by atoms with Crippen LogP contribution < -0.4 is 5.32 Å². The number of hydrogen-bond acceptors (Lipinski definition) is 4. The molecule has 0 aliphatic carbocycles. The number of nitrogens with zero attached hydrogens (tertiary/aromatic N) is 1. The number of aromatic amines is 1. The maximum Gasteiger partial charge on any atom is 0.342 e. The number of halogens is 1. The molecular formula is C14H14BrN3O3. The van der Waals surface area contributed by atoms with Crippen molar-refractivity contribution in [1.29, 1.82) is 0 Å². The minimum atomic E-state index is -0.470. The van der Waals surface area contributed by atoms with Crippen LogP contribution in [0, 0.1) is 6.92 Å². The molecule has 0 saturated carbocycles. The predicted molar refractivity (Wildman–Crippen MR) is 81.4 cm³/mol. The van der Waals surface area contributed by atoms with Crippen LogP contribution in [0.4, 0.5) is 5.69 Å². The largest absolute Gasteiger partial charge is 0.462 e. The minimum absolute atomic E-state index is 0.272. The Labute approximate surface area is 130 Å². The summed E-state index contributed by atoms with van der Waals surface area (Å²) in [7, 11) is 0. The fourth-order valence-electron chi connectivity index (χ4n) is 1.83. The standard InChI is InChI=1S/C14H14BrN3O3/c1-3-21-14(20)12-8(2)17-7-10(12)18-13(19)9-4-5-16-11(15)6-9/h4-7,17H,3H2,1-2H3,(H,18,19). The van der Waals surface area contributed by atoms with Crippen LogP contribution in [0.5, 0.6) is 0 Å². The number of aryl methyl sites for hydroxylation is 1. The fraction of sp³-hybridized carbons (Fsp3) is 0.214. The van der Waals surface area contributed by atoms with Crippen molar-refractivity contribution in [3.63, 3.8) is 0 Å². The summed E-state index contributed by atoms with van der Waals surface area (Å²) < 4.78 is 5.55. The number of esters is 1. The van der Waals surface area contributed by atoms with Gasteiger partial charge in [0, 0.05) is 23.7 Å². The average Bonchev–Trinajstić information content (AvgIpc) is 2.80. The Kier molecular flexibility index (Phi) is 4.74. The van der Waals surface area contributed by atoms with Crippen LogP contribution in [0.2, 0.25) is 0 Å². The average molecular weight is 352 g/mol. The number of rotatable bonds is 4. The molecule has 2 aromatic heterocycles. The van der Waals surface area contributed by atoms with Crippen molar-refractivity contribution in [3.05, 3.63) is 46.0 Å². The summed E-state index contributed by atoms with van der Waals surface area (Å²) in [5.41, 5.74) is 1.80. The summed E-state index contributed by atoms with van der Waals surface area (Å²) in [5, 5.41) is 2.69. The molecule has 2 N–H and O–H groups in total. The Morgan fingerprint density at radius 2 is 2.24 bits per heavy atom. The van der Waals surface area contributed by atoms with E-state index in [1.807, 2.05) is 0 Å². The van der Waals surface area contributed by atoms with Gasteiger partial charge < -0.3 is 15.0 Å². The lowest BCUT2D eigenvalue weighted by Crippen LogP contribution is -2.15. The number of ether oxygens (including phenoxy) is 1. The summed E-state index contributed by atoms with van der Waals surface area (Å²) in [5.74, 6) is -0.801. The van der Waals surface area contributed by atoms with E-state index in [0.717, 1.165) is 0 Å². The molecule has 0 unspecified atom stereocenters. The summed E-state index contributed by atoms with van der Waals surface area (Å²) in [6.45, 7) is 3.74. The molecule has 0 saturated heterocycles. The Morgan fingerprint density at radius 1 is 1.48 bits per heavy atom. The highest BCUT2D eigenvalue weighted by Crippen LogP contribution is 2.21. The number of hydrogen-bond donors (Lipinski definition) is 2. The quantitative estimate of drug-likeness (QED) is 0.655. The first-order valence-electron chi connectivity index (χ1n) is 6.31. The lowest BCUT2D eigenvalue weighted by molar-refractivity contribution is 0.0527. The summed E-state index contributed by atoms with van der Waals surface area (Å²) in [4.78, 5) is 31.0. The molecule has 0 fully saturated rings. The number of amides is 1. The van der Waals surface area contributed by atoms with Crippen molar-refractivity contribution >= 4 is 33.5 Å². The molecule has 0 spiro atoms. The Balaban J connectivity index is 2.24. The normalized spacial score (nSPS) is 10.2. The highest BCUT2D eigenvalue weighted by molar-refractivity contribution is 9.10. The monoisotopic (exact) mass is 351 g/mol. The number of H-pyrrole nitrogens is 1. The van der Waals surface area contributed by atoms with E-state index in [0.29, 0.717) is 27.1 Å². The Hall–Kier alpha value is -2.15. The van der Waals surface area contributed by atoms with Gasteiger partial charge in [-0.15, -0.1) is 0 Å². The van der Waals surface area contributed by atoms with Crippen LogP contribution in [-0.2, 0) is 4.74 Å². The Bertz CT molecular complexity index is 682. The highest BCUT2D eigenvalue weighted by Gasteiger charge is 2.19. The van der Waals surface area contributed by atoms with Crippen molar-refractivity contribution < 1.29 is 14.3 Å². The maximum absolute atomic E-state index is 12.2. The first-order chi connectivity index (χ1) is 10.0. The second-order valence-corrected chi connectivity index (χ2v) is 5.06. The van der Waals surface area contributed by atoms with Gasteiger partial charge in [-0.05, 0) is 41.9 Å². The van der Waals surface area contributed by atoms with Gasteiger partial charge in [0.2, 0.25) is 0 Å². The van der Waals surface area contributed by atoms with Gasteiger partial charge in [-0.3, -0.25) is 4.79 Å². The van der Waals surface area contributed by atoms with E-state index in [4.69, 9.17) is 4.74 Å². The second-order valence-electron chi connectivity index (χ2n) is 4.24. The topological polar surface area (TPSA) is 84.1 Å². The number of carbonyl (C=O) groups excluding carboxylic acids is 2. The van der Waals surface area contributed by atoms with Crippen LogP contribution in [0.1, 0.15) is 33.3 Å². The first-order valence-corrected chi connectivity index (χ1v) is 7.10. The van der Waals surface area contributed by atoms with Crippen molar-refractivity contribution in [2.24, 2.45) is 0 Å². The number of anilines is 1. The number of carbonyl (C=O) groups is 2. The molecule has 2 heterocycles. The molecule has 0 radical (unpaired) electrons. The summed E-state index contributed by atoms with van der Waals surface area (Å²) in [6.07, 6.45) is 3.09. The zero-order chi connectivity index (χ0) is 15.4. The summed E-state index contributed by atoms with van der Waals surface area (Å²) in [6, 6.07) is 3.18. The van der Waals surface area contributed by atoms with Crippen LogP contribution in [0.25, 0.3) is 0 Å². The van der Waals surface area contributed by atoms with Gasteiger partial charge in [-0.2, -0.15) is 0 Å². The van der Waals surface area contributed by atoms with Gasteiger partial charge in [0.05, 0.1) is 12.3 Å². The van der Waals surface area contributed by atoms with Crippen LogP contribution >= 0.6 is 15.9 Å². The lowest BCUT2D eigenvalue weighted by Gasteiger charge is -2.07. The van der Waals surface area contributed by atoms with Crippen LogP contribution in [-0.4, -0.2) is 28.5 Å². The van der Waals surface area contributed by atoms with Gasteiger partial charge in [0.15, 0.2) is 0 Å². The van der Waals surface area contributed by atoms with Crippen LogP contribution in [0.3, 0.4) is 0 Å². The first kappa shape index (κ1) is 15.2. The number of aromatic nitrogens is 2. The smallest absolute Gasteiger partial charge is 0.342 e. The van der Waals surface area contributed by atoms with E-state index in [-0.39, 0.29) is 12.5 Å². The predicted octanol–water partition coefficient (Wildman–Crippen LogP) is 2.91. The van der Waals surface area contributed by atoms with Gasteiger partial charge in [-0.1, -0.05) is 0 Å². The molecule has 6 nitrogen and oxygen atoms in total. The molecule has 0 bridgehead atoms.